The van der Waals surface area contributed by atoms with Gasteiger partial charge in [-0.3, -0.25) is 9.59 Å². The molecular weight excluding hydrogens is 506 g/mol. The number of carbonyl (C=O) groups is 1. The largest absolute Gasteiger partial charge is 0.491 e. The van der Waals surface area contributed by atoms with Gasteiger partial charge in [0, 0.05) is 47.3 Å². The molecule has 1 aromatic heterocycles. The van der Waals surface area contributed by atoms with E-state index in [1.165, 1.54) is 18.3 Å². The van der Waals surface area contributed by atoms with Crippen LogP contribution in [0.15, 0.2) is 77.7 Å². The van der Waals surface area contributed by atoms with E-state index in [9.17, 15) is 18.4 Å². The molecule has 9 heteroatoms. The van der Waals surface area contributed by atoms with Gasteiger partial charge in [0.25, 0.3) is 5.91 Å². The standard InChI is InChI=1S/C30H28F2N2O5/c1-4-37-17-20-13-29(35)33-16-25(20)24-15-22(8-12-27(24)39-28-11-7-21(31)14-26(28)32)34-30(36)19-5-9-23(10-6-19)38-18(2)3/h5-16,18H,4,17H2,1-3H3,(H,33,35)(H,34,36). The molecule has 0 aliphatic rings. The molecule has 4 aromatic rings. The molecule has 0 atom stereocenters. The maximum Gasteiger partial charge on any atom is 0.255 e. The summed E-state index contributed by atoms with van der Waals surface area (Å²) in [6.07, 6.45) is 1.51. The number of anilines is 1. The minimum absolute atomic E-state index is 0.00718. The second-order valence-electron chi connectivity index (χ2n) is 8.91. The van der Waals surface area contributed by atoms with E-state index in [1.54, 1.807) is 42.5 Å². The van der Waals surface area contributed by atoms with Crippen LogP contribution in [0.25, 0.3) is 11.1 Å². The van der Waals surface area contributed by atoms with Crippen LogP contribution >= 0.6 is 0 Å². The topological polar surface area (TPSA) is 89.7 Å². The number of hydrogen-bond donors (Lipinski definition) is 2. The number of H-pyrrole nitrogens is 1. The number of aromatic amines is 1. The van der Waals surface area contributed by atoms with Gasteiger partial charge >= 0.3 is 0 Å². The highest BCUT2D eigenvalue weighted by Gasteiger charge is 2.17. The van der Waals surface area contributed by atoms with Crippen molar-refractivity contribution < 1.29 is 27.8 Å². The van der Waals surface area contributed by atoms with E-state index in [2.05, 4.69) is 10.3 Å². The van der Waals surface area contributed by atoms with Crippen molar-refractivity contribution in [2.75, 3.05) is 11.9 Å². The van der Waals surface area contributed by atoms with Gasteiger partial charge in [-0.1, -0.05) is 0 Å². The summed E-state index contributed by atoms with van der Waals surface area (Å²) in [5.74, 6) is -1.28. The smallest absolute Gasteiger partial charge is 0.255 e. The molecule has 0 bridgehead atoms. The van der Waals surface area contributed by atoms with Crippen LogP contribution in [0, 0.1) is 11.6 Å². The van der Waals surface area contributed by atoms with E-state index in [0.29, 0.717) is 40.3 Å². The second kappa shape index (κ2) is 12.4. The number of amides is 1. The number of ether oxygens (including phenoxy) is 3. The van der Waals surface area contributed by atoms with E-state index < -0.39 is 11.6 Å². The van der Waals surface area contributed by atoms with Crippen LogP contribution in [0.2, 0.25) is 0 Å². The zero-order valence-corrected chi connectivity index (χ0v) is 21.7. The lowest BCUT2D eigenvalue weighted by molar-refractivity contribution is 0.102. The van der Waals surface area contributed by atoms with E-state index in [4.69, 9.17) is 14.2 Å². The lowest BCUT2D eigenvalue weighted by atomic mass is 10.0. The first-order valence-corrected chi connectivity index (χ1v) is 12.4. The molecule has 7 nitrogen and oxygen atoms in total. The molecule has 39 heavy (non-hydrogen) atoms. The number of rotatable bonds is 10. The summed E-state index contributed by atoms with van der Waals surface area (Å²) in [6.45, 7) is 6.22. The van der Waals surface area contributed by atoms with Gasteiger partial charge in [0.15, 0.2) is 11.6 Å². The van der Waals surface area contributed by atoms with Gasteiger partial charge in [-0.2, -0.15) is 0 Å². The third-order valence-electron chi connectivity index (χ3n) is 5.60. The third-order valence-corrected chi connectivity index (χ3v) is 5.60. The summed E-state index contributed by atoms with van der Waals surface area (Å²) < 4.78 is 44.8. The molecule has 0 saturated carbocycles. The minimum Gasteiger partial charge on any atom is -0.491 e. The Labute approximate surface area is 224 Å². The molecule has 0 unspecified atom stereocenters. The number of halogens is 2. The summed E-state index contributed by atoms with van der Waals surface area (Å²) in [6, 6.07) is 16.0. The van der Waals surface area contributed by atoms with Crippen molar-refractivity contribution in [2.24, 2.45) is 0 Å². The Bertz CT molecular complexity index is 1520. The Morgan fingerprint density at radius 1 is 0.949 bits per heavy atom. The van der Waals surface area contributed by atoms with Gasteiger partial charge in [-0.15, -0.1) is 0 Å². The van der Waals surface area contributed by atoms with Crippen molar-refractivity contribution >= 4 is 11.6 Å². The molecule has 0 radical (unpaired) electrons. The SMILES string of the molecule is CCOCc1cc(=O)[nH]cc1-c1cc(NC(=O)c2ccc(OC(C)C)cc2)ccc1Oc1ccc(F)cc1F. The normalized spacial score (nSPS) is 10.9. The highest BCUT2D eigenvalue weighted by atomic mass is 19.1. The maximum absolute atomic E-state index is 14.4. The van der Waals surface area contributed by atoms with Crippen molar-refractivity contribution in [1.29, 1.82) is 0 Å². The monoisotopic (exact) mass is 534 g/mol. The molecule has 1 amide bonds. The highest BCUT2D eigenvalue weighted by molar-refractivity contribution is 6.04. The highest BCUT2D eigenvalue weighted by Crippen LogP contribution is 2.38. The number of nitrogens with one attached hydrogen (secondary N) is 2. The predicted molar refractivity (Wildman–Crippen MR) is 144 cm³/mol. The van der Waals surface area contributed by atoms with E-state index in [1.807, 2.05) is 20.8 Å². The molecule has 4 rings (SSSR count). The zero-order chi connectivity index (χ0) is 27.9. The van der Waals surface area contributed by atoms with Gasteiger partial charge < -0.3 is 24.5 Å². The molecule has 1 heterocycles. The first kappa shape index (κ1) is 27.5. The quantitative estimate of drug-likeness (QED) is 0.237. The van der Waals surface area contributed by atoms with Crippen LogP contribution in [0.1, 0.15) is 36.7 Å². The number of pyridine rings is 1. The zero-order valence-electron chi connectivity index (χ0n) is 21.7. The Hall–Kier alpha value is -4.50. The fourth-order valence-corrected chi connectivity index (χ4v) is 3.84. The molecule has 2 N–H and O–H groups in total. The van der Waals surface area contributed by atoms with Crippen molar-refractivity contribution in [3.63, 3.8) is 0 Å². The van der Waals surface area contributed by atoms with E-state index in [-0.39, 0.29) is 35.7 Å². The number of carbonyl (C=O) groups excluding carboxylic acids is 1. The third kappa shape index (κ3) is 7.08. The average molecular weight is 535 g/mol. The second-order valence-corrected chi connectivity index (χ2v) is 8.91. The number of hydrogen-bond acceptors (Lipinski definition) is 5. The van der Waals surface area contributed by atoms with Crippen LogP contribution in [0.3, 0.4) is 0 Å². The number of aromatic nitrogens is 1. The van der Waals surface area contributed by atoms with Gasteiger partial charge in [0.1, 0.15) is 17.3 Å². The Kier molecular flexibility index (Phi) is 8.73. The minimum atomic E-state index is -0.876. The average Bonchev–Trinajstić information content (AvgIpc) is 2.90. The summed E-state index contributed by atoms with van der Waals surface area (Å²) in [5, 5.41) is 2.85. The number of benzene rings is 3. The van der Waals surface area contributed by atoms with Crippen molar-refractivity contribution in [3.05, 3.63) is 106 Å². The summed E-state index contributed by atoms with van der Waals surface area (Å²) in [5.41, 5.74) is 2.08. The lowest BCUT2D eigenvalue weighted by Gasteiger charge is -2.17. The fraction of sp³-hybridized carbons (Fsp3) is 0.200. The van der Waals surface area contributed by atoms with Crippen LogP contribution in [-0.2, 0) is 11.3 Å². The lowest BCUT2D eigenvalue weighted by Crippen LogP contribution is -2.12. The van der Waals surface area contributed by atoms with Crippen LogP contribution in [-0.4, -0.2) is 23.6 Å². The van der Waals surface area contributed by atoms with Gasteiger partial charge in [-0.05, 0) is 80.9 Å². The molecule has 3 aromatic carbocycles. The molecule has 202 valence electrons. The Balaban J connectivity index is 1.71. The van der Waals surface area contributed by atoms with Crippen molar-refractivity contribution in [1.82, 2.24) is 4.98 Å². The molecule has 0 aliphatic heterocycles. The van der Waals surface area contributed by atoms with Gasteiger partial charge in [0.2, 0.25) is 5.56 Å². The van der Waals surface area contributed by atoms with Gasteiger partial charge in [0.05, 0.1) is 12.7 Å². The summed E-state index contributed by atoms with van der Waals surface area (Å²) >= 11 is 0. The fourth-order valence-electron chi connectivity index (χ4n) is 3.84. The molecular formula is C30H28F2N2O5. The first-order chi connectivity index (χ1) is 18.7. The Morgan fingerprint density at radius 3 is 2.38 bits per heavy atom. The van der Waals surface area contributed by atoms with Crippen LogP contribution < -0.4 is 20.3 Å². The van der Waals surface area contributed by atoms with Crippen molar-refractivity contribution in [3.8, 4) is 28.4 Å². The first-order valence-electron chi connectivity index (χ1n) is 12.4. The molecule has 0 spiro atoms. The van der Waals surface area contributed by atoms with E-state index in [0.717, 1.165) is 12.1 Å². The summed E-state index contributed by atoms with van der Waals surface area (Å²) in [4.78, 5) is 27.7. The van der Waals surface area contributed by atoms with Gasteiger partial charge in [-0.25, -0.2) is 8.78 Å². The molecule has 0 fully saturated rings. The maximum atomic E-state index is 14.4. The predicted octanol–water partition coefficient (Wildman–Crippen LogP) is 6.69. The summed E-state index contributed by atoms with van der Waals surface area (Å²) in [7, 11) is 0. The van der Waals surface area contributed by atoms with Crippen molar-refractivity contribution in [2.45, 2.75) is 33.5 Å². The van der Waals surface area contributed by atoms with Crippen LogP contribution in [0.5, 0.6) is 17.2 Å². The van der Waals surface area contributed by atoms with Crippen LogP contribution in [0.4, 0.5) is 14.5 Å². The molecule has 0 aliphatic carbocycles. The Morgan fingerprint density at radius 2 is 1.69 bits per heavy atom. The molecule has 0 saturated heterocycles. The van der Waals surface area contributed by atoms with E-state index >= 15 is 0 Å².